The molecule has 0 radical (unpaired) electrons. The number of rotatable bonds is 12. The number of nitrogens with one attached hydrogen (secondary N) is 3. The number of amides is 3. The van der Waals surface area contributed by atoms with Crippen LogP contribution in [0.5, 0.6) is 5.75 Å². The zero-order valence-electron chi connectivity index (χ0n) is 26.1. The molecule has 0 aliphatic heterocycles. The van der Waals surface area contributed by atoms with Gasteiger partial charge in [0, 0.05) is 21.8 Å². The number of hydrogen-bond donors (Lipinski definition) is 3. The Hall–Kier alpha value is -5.60. The maximum Gasteiger partial charge on any atom is 0.272 e. The van der Waals surface area contributed by atoms with E-state index in [-0.39, 0.29) is 11.6 Å². The van der Waals surface area contributed by atoms with Gasteiger partial charge in [0.1, 0.15) is 11.4 Å². The molecule has 3 amide bonds. The molecule has 236 valence electrons. The number of thioether (sulfide) groups is 1. The summed E-state index contributed by atoms with van der Waals surface area (Å²) in [5.74, 6) is -0.291. The van der Waals surface area contributed by atoms with E-state index in [1.807, 2.05) is 98.8 Å². The normalized spacial score (nSPS) is 11.7. The van der Waals surface area contributed by atoms with Crippen LogP contribution in [0.1, 0.15) is 29.8 Å². The van der Waals surface area contributed by atoms with Crippen LogP contribution in [0.15, 0.2) is 144 Å². The molecular formula is C39H35N3O4S. The van der Waals surface area contributed by atoms with E-state index in [0.29, 0.717) is 23.5 Å². The quantitative estimate of drug-likeness (QED) is 0.0941. The molecule has 5 aromatic carbocycles. The smallest absolute Gasteiger partial charge is 0.272 e. The minimum atomic E-state index is -0.482. The zero-order valence-corrected chi connectivity index (χ0v) is 26.9. The third-order valence-electron chi connectivity index (χ3n) is 7.06. The first-order chi connectivity index (χ1) is 22.9. The lowest BCUT2D eigenvalue weighted by Crippen LogP contribution is -2.30. The first-order valence-corrected chi connectivity index (χ1v) is 16.1. The molecule has 0 saturated carbocycles. The Labute approximate surface area is 279 Å². The van der Waals surface area contributed by atoms with E-state index in [2.05, 4.69) is 16.0 Å². The number of hydrogen-bond acceptors (Lipinski definition) is 5. The van der Waals surface area contributed by atoms with Crippen LogP contribution in [0.4, 0.5) is 11.4 Å². The fourth-order valence-corrected chi connectivity index (χ4v) is 5.59. The summed E-state index contributed by atoms with van der Waals surface area (Å²) in [5, 5.41) is 8.21. The minimum absolute atomic E-state index is 0.0903. The SMILES string of the molecule is CCOc1ccc(NC(=O)C(C)Sc2cccc(NC(=O)/C(=C\c3ccc(-c4ccccc4)cc3)NC(=O)c3ccccc3)c2)cc1. The van der Waals surface area contributed by atoms with Crippen molar-refractivity contribution >= 4 is 46.9 Å². The summed E-state index contributed by atoms with van der Waals surface area (Å²) in [6.07, 6.45) is 1.65. The summed E-state index contributed by atoms with van der Waals surface area (Å²) in [6, 6.07) is 41.0. The molecule has 8 heteroatoms. The molecule has 0 fully saturated rings. The van der Waals surface area contributed by atoms with E-state index in [1.54, 1.807) is 54.6 Å². The van der Waals surface area contributed by atoms with Crippen molar-refractivity contribution in [2.45, 2.75) is 24.0 Å². The van der Waals surface area contributed by atoms with Gasteiger partial charge in [-0.3, -0.25) is 14.4 Å². The van der Waals surface area contributed by atoms with Gasteiger partial charge in [0.2, 0.25) is 5.91 Å². The van der Waals surface area contributed by atoms with E-state index in [1.165, 1.54) is 11.8 Å². The minimum Gasteiger partial charge on any atom is -0.494 e. The van der Waals surface area contributed by atoms with E-state index >= 15 is 0 Å². The summed E-state index contributed by atoms with van der Waals surface area (Å²) < 4.78 is 5.46. The molecule has 7 nitrogen and oxygen atoms in total. The lowest BCUT2D eigenvalue weighted by molar-refractivity contribution is -0.115. The van der Waals surface area contributed by atoms with Crippen LogP contribution in [0.25, 0.3) is 17.2 Å². The van der Waals surface area contributed by atoms with Gasteiger partial charge in [0.25, 0.3) is 11.8 Å². The van der Waals surface area contributed by atoms with Crippen molar-refractivity contribution in [1.29, 1.82) is 0 Å². The highest BCUT2D eigenvalue weighted by Crippen LogP contribution is 2.27. The summed E-state index contributed by atoms with van der Waals surface area (Å²) in [7, 11) is 0. The monoisotopic (exact) mass is 641 g/mol. The Morgan fingerprint density at radius 2 is 1.38 bits per heavy atom. The van der Waals surface area contributed by atoms with Crippen LogP contribution in [0, 0.1) is 0 Å². The Kier molecular flexibility index (Phi) is 11.2. The summed E-state index contributed by atoms with van der Waals surface area (Å²) in [6.45, 7) is 4.31. The third kappa shape index (κ3) is 9.45. The van der Waals surface area contributed by atoms with Crippen LogP contribution in [0.2, 0.25) is 0 Å². The second-order valence-corrected chi connectivity index (χ2v) is 12.0. The van der Waals surface area contributed by atoms with E-state index < -0.39 is 17.1 Å². The fraction of sp³-hybridized carbons (Fsp3) is 0.103. The van der Waals surface area contributed by atoms with E-state index in [0.717, 1.165) is 27.3 Å². The lowest BCUT2D eigenvalue weighted by atomic mass is 10.0. The topological polar surface area (TPSA) is 96.5 Å². The van der Waals surface area contributed by atoms with E-state index in [9.17, 15) is 14.4 Å². The van der Waals surface area contributed by atoms with Crippen molar-refractivity contribution in [3.8, 4) is 16.9 Å². The molecule has 1 unspecified atom stereocenters. The highest BCUT2D eigenvalue weighted by Gasteiger charge is 2.17. The second kappa shape index (κ2) is 16.1. The van der Waals surface area contributed by atoms with E-state index in [4.69, 9.17) is 4.74 Å². The van der Waals surface area contributed by atoms with Gasteiger partial charge >= 0.3 is 0 Å². The van der Waals surface area contributed by atoms with Gasteiger partial charge in [-0.1, -0.05) is 78.9 Å². The molecule has 5 rings (SSSR count). The highest BCUT2D eigenvalue weighted by molar-refractivity contribution is 8.00. The van der Waals surface area contributed by atoms with Crippen molar-refractivity contribution in [3.63, 3.8) is 0 Å². The average molecular weight is 642 g/mol. The molecule has 0 spiro atoms. The summed E-state index contributed by atoms with van der Waals surface area (Å²) in [5.41, 5.74) is 4.60. The van der Waals surface area contributed by atoms with Crippen LogP contribution in [0.3, 0.4) is 0 Å². The predicted octanol–water partition coefficient (Wildman–Crippen LogP) is 8.28. The van der Waals surface area contributed by atoms with Crippen LogP contribution < -0.4 is 20.7 Å². The Bertz CT molecular complexity index is 1840. The number of carbonyl (C=O) groups is 3. The van der Waals surface area contributed by atoms with Gasteiger partial charge in [-0.05, 0) is 91.2 Å². The standard InChI is InChI=1S/C39H35N3O4S/c1-3-46-34-23-21-32(22-24-34)40-37(43)27(2)47-35-16-10-15-33(26-35)41-39(45)36(42-38(44)31-13-8-5-9-14-31)25-28-17-19-30(20-18-28)29-11-6-4-7-12-29/h4-27H,3H2,1-2H3,(H,40,43)(H,41,45)(H,42,44)/b36-25+. The molecular weight excluding hydrogens is 607 g/mol. The predicted molar refractivity (Wildman–Crippen MR) is 190 cm³/mol. The van der Waals surface area contributed by atoms with Gasteiger partial charge in [-0.15, -0.1) is 11.8 Å². The second-order valence-electron chi connectivity index (χ2n) is 10.6. The van der Waals surface area contributed by atoms with Crippen molar-refractivity contribution in [1.82, 2.24) is 5.32 Å². The Morgan fingerprint density at radius 1 is 0.723 bits per heavy atom. The first kappa shape index (κ1) is 32.8. The molecule has 0 aromatic heterocycles. The Balaban J connectivity index is 1.29. The molecule has 1 atom stereocenters. The maximum atomic E-state index is 13.6. The number of anilines is 2. The van der Waals surface area contributed by atoms with Crippen LogP contribution in [-0.2, 0) is 9.59 Å². The number of benzene rings is 5. The van der Waals surface area contributed by atoms with Gasteiger partial charge in [-0.2, -0.15) is 0 Å². The average Bonchev–Trinajstić information content (AvgIpc) is 3.10. The lowest BCUT2D eigenvalue weighted by Gasteiger charge is -2.14. The molecule has 47 heavy (non-hydrogen) atoms. The van der Waals surface area contributed by atoms with Crippen LogP contribution >= 0.6 is 11.8 Å². The molecule has 0 aliphatic rings. The Morgan fingerprint density at radius 3 is 2.06 bits per heavy atom. The van der Waals surface area contributed by atoms with Gasteiger partial charge in [-0.25, -0.2) is 0 Å². The van der Waals surface area contributed by atoms with Crippen molar-refractivity contribution in [2.75, 3.05) is 17.2 Å². The first-order valence-electron chi connectivity index (χ1n) is 15.2. The molecule has 0 bridgehead atoms. The van der Waals surface area contributed by atoms with Gasteiger partial charge in [0.15, 0.2) is 0 Å². The van der Waals surface area contributed by atoms with Gasteiger partial charge in [0.05, 0.1) is 11.9 Å². The summed E-state index contributed by atoms with van der Waals surface area (Å²) >= 11 is 1.37. The third-order valence-corrected chi connectivity index (χ3v) is 8.16. The molecule has 3 N–H and O–H groups in total. The number of ether oxygens (including phenoxy) is 1. The largest absolute Gasteiger partial charge is 0.494 e. The molecule has 0 heterocycles. The fourth-order valence-electron chi connectivity index (χ4n) is 4.66. The van der Waals surface area contributed by atoms with Crippen molar-refractivity contribution < 1.29 is 19.1 Å². The summed E-state index contributed by atoms with van der Waals surface area (Å²) in [4.78, 5) is 40.4. The molecule has 0 aliphatic carbocycles. The van der Waals surface area contributed by atoms with Gasteiger partial charge < -0.3 is 20.7 Å². The number of carbonyl (C=O) groups excluding carboxylic acids is 3. The molecule has 5 aromatic rings. The maximum absolute atomic E-state index is 13.6. The molecule has 0 saturated heterocycles. The zero-order chi connectivity index (χ0) is 33.0. The van der Waals surface area contributed by atoms with Crippen LogP contribution in [-0.4, -0.2) is 29.6 Å². The highest BCUT2D eigenvalue weighted by atomic mass is 32.2. The van der Waals surface area contributed by atoms with Crippen molar-refractivity contribution in [3.05, 3.63) is 150 Å². The van der Waals surface area contributed by atoms with Crippen molar-refractivity contribution in [2.24, 2.45) is 0 Å².